The van der Waals surface area contributed by atoms with Gasteiger partial charge in [-0.25, -0.2) is 9.29 Å². The predicted octanol–water partition coefficient (Wildman–Crippen LogP) is 2.71. The van der Waals surface area contributed by atoms with Crippen LogP contribution in [0.4, 0.5) is 15.8 Å². The van der Waals surface area contributed by atoms with Gasteiger partial charge in [0.25, 0.3) is 11.8 Å². The highest BCUT2D eigenvalue weighted by molar-refractivity contribution is 6.31. The van der Waals surface area contributed by atoms with Gasteiger partial charge in [0.05, 0.1) is 11.4 Å². The average Bonchev–Trinajstić information content (AvgIpc) is 2.83. The number of nitrogens with zero attached hydrogens (tertiary/aromatic N) is 1. The number of nitrogens with one attached hydrogen (secondary N) is 1. The van der Waals surface area contributed by atoms with E-state index in [1.54, 1.807) is 30.3 Å². The van der Waals surface area contributed by atoms with Crippen LogP contribution in [0.1, 0.15) is 5.56 Å². The second-order valence-electron chi connectivity index (χ2n) is 5.09. The standard InChI is InChI=1S/C17H13FN2O3/c1-10-7-8-12(16(22)15(10)18)19-13-9-14(21)20(17(13)23)11-5-3-2-4-6-11/h2-9,19,22H,1H3. The summed E-state index contributed by atoms with van der Waals surface area (Å²) in [5.41, 5.74) is 0.712. The Morgan fingerprint density at radius 2 is 1.78 bits per heavy atom. The van der Waals surface area contributed by atoms with E-state index in [0.29, 0.717) is 5.69 Å². The number of imide groups is 1. The van der Waals surface area contributed by atoms with E-state index in [0.717, 1.165) is 11.0 Å². The Labute approximate surface area is 131 Å². The number of aryl methyl sites for hydroxylation is 1. The average molecular weight is 312 g/mol. The van der Waals surface area contributed by atoms with Crippen molar-refractivity contribution in [1.29, 1.82) is 0 Å². The summed E-state index contributed by atoms with van der Waals surface area (Å²) < 4.78 is 13.7. The lowest BCUT2D eigenvalue weighted by atomic mass is 10.2. The molecular weight excluding hydrogens is 299 g/mol. The normalized spacial score (nSPS) is 14.2. The summed E-state index contributed by atoms with van der Waals surface area (Å²) in [6, 6.07) is 11.4. The minimum Gasteiger partial charge on any atom is -0.503 e. The van der Waals surface area contributed by atoms with Crippen molar-refractivity contribution in [3.63, 3.8) is 0 Å². The van der Waals surface area contributed by atoms with Gasteiger partial charge in [-0.1, -0.05) is 24.3 Å². The highest BCUT2D eigenvalue weighted by atomic mass is 19.1. The zero-order valence-electron chi connectivity index (χ0n) is 12.2. The number of rotatable bonds is 3. The molecule has 0 unspecified atom stereocenters. The molecule has 1 aliphatic rings. The van der Waals surface area contributed by atoms with Crippen LogP contribution >= 0.6 is 0 Å². The maximum Gasteiger partial charge on any atom is 0.281 e. The van der Waals surface area contributed by atoms with Gasteiger partial charge in [0, 0.05) is 6.08 Å². The first kappa shape index (κ1) is 14.8. The summed E-state index contributed by atoms with van der Waals surface area (Å²) in [5.74, 6) is -2.44. The number of aromatic hydroxyl groups is 1. The number of anilines is 2. The third-order valence-corrected chi connectivity index (χ3v) is 3.51. The van der Waals surface area contributed by atoms with E-state index >= 15 is 0 Å². The SMILES string of the molecule is Cc1ccc(NC2=CC(=O)N(c3ccccc3)C2=O)c(O)c1F. The predicted molar refractivity (Wildman–Crippen MR) is 83.4 cm³/mol. The lowest BCUT2D eigenvalue weighted by Crippen LogP contribution is -2.31. The molecule has 0 bridgehead atoms. The van der Waals surface area contributed by atoms with Crippen molar-refractivity contribution in [3.8, 4) is 5.75 Å². The number of hydrogen-bond donors (Lipinski definition) is 2. The fourth-order valence-electron chi connectivity index (χ4n) is 2.29. The number of carbonyl (C=O) groups is 2. The summed E-state index contributed by atoms with van der Waals surface area (Å²) in [6.45, 7) is 1.51. The van der Waals surface area contributed by atoms with Gasteiger partial charge >= 0.3 is 0 Å². The number of amides is 2. The minimum absolute atomic E-state index is 0.0235. The molecule has 0 spiro atoms. The maximum absolute atomic E-state index is 13.7. The molecule has 1 heterocycles. The fourth-order valence-corrected chi connectivity index (χ4v) is 2.29. The molecule has 2 N–H and O–H groups in total. The molecule has 6 heteroatoms. The number of phenolic OH excluding ortho intramolecular Hbond substituents is 1. The van der Waals surface area contributed by atoms with Gasteiger partial charge in [-0.05, 0) is 30.7 Å². The first-order valence-electron chi connectivity index (χ1n) is 6.89. The van der Waals surface area contributed by atoms with Crippen LogP contribution in [0.5, 0.6) is 5.75 Å². The monoisotopic (exact) mass is 312 g/mol. The maximum atomic E-state index is 13.7. The second kappa shape index (κ2) is 5.57. The minimum atomic E-state index is -0.771. The van der Waals surface area contributed by atoms with Gasteiger partial charge in [-0.15, -0.1) is 0 Å². The molecule has 23 heavy (non-hydrogen) atoms. The molecule has 0 radical (unpaired) electrons. The molecule has 2 amide bonds. The molecule has 0 aliphatic carbocycles. The number of benzene rings is 2. The van der Waals surface area contributed by atoms with Gasteiger partial charge < -0.3 is 10.4 Å². The van der Waals surface area contributed by atoms with Crippen LogP contribution < -0.4 is 10.2 Å². The van der Waals surface area contributed by atoms with E-state index in [1.165, 1.54) is 19.1 Å². The smallest absolute Gasteiger partial charge is 0.281 e. The zero-order valence-corrected chi connectivity index (χ0v) is 12.2. The van der Waals surface area contributed by atoms with Crippen LogP contribution in [0.15, 0.2) is 54.2 Å². The van der Waals surface area contributed by atoms with Gasteiger partial charge in [-0.3, -0.25) is 9.59 Å². The molecule has 2 aromatic carbocycles. The molecule has 5 nitrogen and oxygen atoms in total. The van der Waals surface area contributed by atoms with Gasteiger partial charge in [0.1, 0.15) is 5.70 Å². The van der Waals surface area contributed by atoms with Crippen molar-refractivity contribution < 1.29 is 19.1 Å². The van der Waals surface area contributed by atoms with Crippen LogP contribution in [-0.4, -0.2) is 16.9 Å². The highest BCUT2D eigenvalue weighted by Gasteiger charge is 2.32. The quantitative estimate of drug-likeness (QED) is 0.675. The Bertz CT molecular complexity index is 831. The second-order valence-corrected chi connectivity index (χ2v) is 5.09. The van der Waals surface area contributed by atoms with E-state index in [-0.39, 0.29) is 16.9 Å². The van der Waals surface area contributed by atoms with Crippen molar-refractivity contribution in [1.82, 2.24) is 0 Å². The molecule has 116 valence electrons. The molecule has 0 fully saturated rings. The molecule has 2 aromatic rings. The largest absolute Gasteiger partial charge is 0.503 e. The number of phenols is 1. The molecular formula is C17H13FN2O3. The first-order chi connectivity index (χ1) is 11.0. The number of hydrogen-bond acceptors (Lipinski definition) is 4. The van der Waals surface area contributed by atoms with Crippen LogP contribution in [-0.2, 0) is 9.59 Å². The molecule has 1 aliphatic heterocycles. The Kier molecular flexibility index (Phi) is 3.57. The third kappa shape index (κ3) is 2.55. The van der Waals surface area contributed by atoms with E-state index < -0.39 is 23.4 Å². The summed E-state index contributed by atoms with van der Waals surface area (Å²) >= 11 is 0. The van der Waals surface area contributed by atoms with Gasteiger partial charge in [0.15, 0.2) is 11.6 Å². The number of halogens is 1. The van der Waals surface area contributed by atoms with Crippen LogP contribution in [0, 0.1) is 12.7 Å². The van der Waals surface area contributed by atoms with E-state index in [1.807, 2.05) is 0 Å². The van der Waals surface area contributed by atoms with Gasteiger partial charge in [-0.2, -0.15) is 0 Å². The topological polar surface area (TPSA) is 69.6 Å². The van der Waals surface area contributed by atoms with Crippen LogP contribution in [0.25, 0.3) is 0 Å². The number of carbonyl (C=O) groups excluding carboxylic acids is 2. The van der Waals surface area contributed by atoms with Crippen molar-refractivity contribution in [2.45, 2.75) is 6.92 Å². The number of para-hydroxylation sites is 1. The van der Waals surface area contributed by atoms with Crippen molar-refractivity contribution in [2.24, 2.45) is 0 Å². The van der Waals surface area contributed by atoms with Crippen molar-refractivity contribution in [3.05, 3.63) is 65.6 Å². The lowest BCUT2D eigenvalue weighted by molar-refractivity contribution is -0.120. The Morgan fingerprint density at radius 3 is 2.48 bits per heavy atom. The summed E-state index contributed by atoms with van der Waals surface area (Å²) in [5, 5.41) is 12.4. The van der Waals surface area contributed by atoms with Gasteiger partial charge in [0.2, 0.25) is 0 Å². The third-order valence-electron chi connectivity index (χ3n) is 3.51. The van der Waals surface area contributed by atoms with E-state index in [4.69, 9.17) is 0 Å². The Hall–Kier alpha value is -3.15. The molecule has 3 rings (SSSR count). The Morgan fingerprint density at radius 1 is 1.09 bits per heavy atom. The fraction of sp³-hybridized carbons (Fsp3) is 0.0588. The summed E-state index contributed by atoms with van der Waals surface area (Å²) in [7, 11) is 0. The van der Waals surface area contributed by atoms with Crippen molar-refractivity contribution in [2.75, 3.05) is 10.2 Å². The molecule has 0 saturated heterocycles. The van der Waals surface area contributed by atoms with Crippen molar-refractivity contribution >= 4 is 23.2 Å². The van der Waals surface area contributed by atoms with E-state index in [9.17, 15) is 19.1 Å². The molecule has 0 atom stereocenters. The Balaban J connectivity index is 1.89. The summed E-state index contributed by atoms with van der Waals surface area (Å²) in [6.07, 6.45) is 1.12. The lowest BCUT2D eigenvalue weighted by Gasteiger charge is -2.15. The zero-order chi connectivity index (χ0) is 16.6. The van der Waals surface area contributed by atoms with E-state index in [2.05, 4.69) is 5.32 Å². The van der Waals surface area contributed by atoms with Crippen LogP contribution in [0.3, 0.4) is 0 Å². The molecule has 0 saturated carbocycles. The summed E-state index contributed by atoms with van der Waals surface area (Å²) in [4.78, 5) is 25.4. The molecule has 0 aromatic heterocycles. The first-order valence-corrected chi connectivity index (χ1v) is 6.89. The van der Waals surface area contributed by atoms with Crippen LogP contribution in [0.2, 0.25) is 0 Å². The highest BCUT2D eigenvalue weighted by Crippen LogP contribution is 2.31.